The summed E-state index contributed by atoms with van der Waals surface area (Å²) in [6, 6.07) is 5.85. The Morgan fingerprint density at radius 3 is 2.57 bits per heavy atom. The second-order valence-electron chi connectivity index (χ2n) is 5.65. The number of aromatic nitrogens is 1. The van der Waals surface area contributed by atoms with Crippen LogP contribution in [0.25, 0.3) is 0 Å². The molecule has 0 radical (unpaired) electrons. The highest BCUT2D eigenvalue weighted by Crippen LogP contribution is 2.22. The lowest BCUT2D eigenvalue weighted by Gasteiger charge is -2.17. The predicted octanol–water partition coefficient (Wildman–Crippen LogP) is 3.01. The second-order valence-corrected chi connectivity index (χ2v) is 6.71. The highest BCUT2D eigenvalue weighted by Gasteiger charge is 2.16. The number of amides is 1. The summed E-state index contributed by atoms with van der Waals surface area (Å²) in [4.78, 5) is 16.7. The Kier molecular flexibility index (Phi) is 5.74. The third kappa shape index (κ3) is 4.53. The van der Waals surface area contributed by atoms with Crippen LogP contribution in [0, 0.1) is 13.8 Å². The van der Waals surface area contributed by atoms with Crippen molar-refractivity contribution in [2.45, 2.75) is 39.8 Å². The average Bonchev–Trinajstić information content (AvgIpc) is 2.96. The summed E-state index contributed by atoms with van der Waals surface area (Å²) in [6.07, 6.45) is 0.826. The van der Waals surface area contributed by atoms with E-state index < -0.39 is 6.10 Å². The fraction of sp³-hybridized carbons (Fsp3) is 0.412. The van der Waals surface area contributed by atoms with Gasteiger partial charge >= 0.3 is 0 Å². The van der Waals surface area contributed by atoms with Crippen molar-refractivity contribution >= 4 is 17.2 Å². The van der Waals surface area contributed by atoms with Crippen molar-refractivity contribution in [3.05, 3.63) is 45.4 Å². The van der Waals surface area contributed by atoms with Crippen LogP contribution in [0.4, 0.5) is 0 Å². The van der Waals surface area contributed by atoms with Crippen LogP contribution < -0.4 is 10.1 Å². The van der Waals surface area contributed by atoms with Gasteiger partial charge in [-0.3, -0.25) is 4.79 Å². The molecule has 0 aliphatic carbocycles. The number of aryl methyl sites for hydroxylation is 2. The van der Waals surface area contributed by atoms with E-state index >= 15 is 0 Å². The van der Waals surface area contributed by atoms with E-state index in [1.165, 1.54) is 17.5 Å². The van der Waals surface area contributed by atoms with Crippen molar-refractivity contribution in [1.29, 1.82) is 0 Å². The molecule has 1 aromatic heterocycles. The van der Waals surface area contributed by atoms with Crippen molar-refractivity contribution < 1.29 is 14.6 Å². The van der Waals surface area contributed by atoms with Crippen LogP contribution in [0.15, 0.2) is 24.4 Å². The molecule has 0 aliphatic heterocycles. The lowest BCUT2D eigenvalue weighted by molar-refractivity contribution is 0.0930. The molecule has 0 fully saturated rings. The summed E-state index contributed by atoms with van der Waals surface area (Å²) in [7, 11) is 0. The molecule has 0 unspecified atom stereocenters. The number of carbonyl (C=O) groups excluding carboxylic acids is 1. The predicted molar refractivity (Wildman–Crippen MR) is 91.1 cm³/mol. The van der Waals surface area contributed by atoms with Crippen LogP contribution in [0.3, 0.4) is 0 Å². The molecular formula is C17H22N2O3S. The molecule has 0 bridgehead atoms. The number of para-hydroxylation sites is 1. The lowest BCUT2D eigenvalue weighted by atomic mass is 10.1. The molecule has 0 spiro atoms. The summed E-state index contributed by atoms with van der Waals surface area (Å²) in [5, 5.41) is 12.9. The Hall–Kier alpha value is -1.92. The fourth-order valence-corrected chi connectivity index (χ4v) is 2.92. The van der Waals surface area contributed by atoms with Crippen molar-refractivity contribution in [3.8, 4) is 5.75 Å². The Morgan fingerprint density at radius 1 is 1.35 bits per heavy atom. The number of nitrogens with zero attached hydrogens (tertiary/aromatic N) is 1. The molecule has 1 aromatic carbocycles. The van der Waals surface area contributed by atoms with Gasteiger partial charge < -0.3 is 15.2 Å². The Bertz CT molecular complexity index is 662. The summed E-state index contributed by atoms with van der Waals surface area (Å²) < 4.78 is 5.84. The van der Waals surface area contributed by atoms with Crippen LogP contribution in [-0.2, 0) is 0 Å². The number of aliphatic hydroxyl groups excluding tert-OH is 1. The molecule has 1 amide bonds. The number of hydrogen-bond donors (Lipinski definition) is 2. The van der Waals surface area contributed by atoms with E-state index in [0.29, 0.717) is 16.5 Å². The van der Waals surface area contributed by atoms with Gasteiger partial charge in [-0.1, -0.05) is 18.2 Å². The first-order valence-corrected chi connectivity index (χ1v) is 8.33. The maximum absolute atomic E-state index is 12.2. The summed E-state index contributed by atoms with van der Waals surface area (Å²) in [6.45, 7) is 7.91. The molecule has 2 aromatic rings. The van der Waals surface area contributed by atoms with Gasteiger partial charge in [0.2, 0.25) is 0 Å². The van der Waals surface area contributed by atoms with Gasteiger partial charge in [0.15, 0.2) is 0 Å². The van der Waals surface area contributed by atoms with E-state index in [2.05, 4.69) is 10.3 Å². The third-order valence-electron chi connectivity index (χ3n) is 3.37. The maximum Gasteiger partial charge on any atom is 0.263 e. The van der Waals surface area contributed by atoms with Gasteiger partial charge in [0.25, 0.3) is 5.91 Å². The molecular weight excluding hydrogens is 312 g/mol. The molecule has 0 aliphatic rings. The normalized spacial score (nSPS) is 13.4. The zero-order valence-corrected chi connectivity index (χ0v) is 14.6. The highest BCUT2D eigenvalue weighted by molar-refractivity contribution is 7.13. The minimum absolute atomic E-state index is 0.140. The first-order valence-electron chi connectivity index (χ1n) is 7.52. The maximum atomic E-state index is 12.2. The molecule has 2 rings (SSSR count). The van der Waals surface area contributed by atoms with Gasteiger partial charge in [0.05, 0.1) is 12.2 Å². The van der Waals surface area contributed by atoms with E-state index in [1.807, 2.05) is 39.0 Å². The number of benzene rings is 1. The van der Waals surface area contributed by atoms with Crippen molar-refractivity contribution in [2.24, 2.45) is 0 Å². The number of hydrogen-bond acceptors (Lipinski definition) is 5. The number of aliphatic hydroxyl groups is 1. The van der Waals surface area contributed by atoms with E-state index in [-0.39, 0.29) is 11.9 Å². The molecule has 124 valence electrons. The van der Waals surface area contributed by atoms with Crippen LogP contribution in [0.5, 0.6) is 5.75 Å². The third-order valence-corrected chi connectivity index (χ3v) is 4.54. The highest BCUT2D eigenvalue weighted by atomic mass is 32.1. The van der Waals surface area contributed by atoms with Crippen LogP contribution in [0.1, 0.15) is 45.8 Å². The fourth-order valence-electron chi connectivity index (χ4n) is 2.16. The lowest BCUT2D eigenvalue weighted by Crippen LogP contribution is -2.36. The molecule has 5 nitrogen and oxygen atoms in total. The minimum atomic E-state index is -0.661. The average molecular weight is 334 g/mol. The quantitative estimate of drug-likeness (QED) is 0.852. The summed E-state index contributed by atoms with van der Waals surface area (Å²) in [5.41, 5.74) is 2.15. The van der Waals surface area contributed by atoms with Gasteiger partial charge in [0.1, 0.15) is 28.3 Å². The van der Waals surface area contributed by atoms with E-state index in [1.54, 1.807) is 6.92 Å². The monoisotopic (exact) mass is 334 g/mol. The molecule has 1 heterocycles. The topological polar surface area (TPSA) is 71.5 Å². The first-order chi connectivity index (χ1) is 10.9. The van der Waals surface area contributed by atoms with Gasteiger partial charge in [-0.05, 0) is 38.8 Å². The number of nitrogens with one attached hydrogen (secondary N) is 1. The largest absolute Gasteiger partial charge is 0.491 e. The Morgan fingerprint density at radius 2 is 2.00 bits per heavy atom. The Balaban J connectivity index is 1.91. The van der Waals surface area contributed by atoms with Gasteiger partial charge in [-0.25, -0.2) is 4.98 Å². The smallest absolute Gasteiger partial charge is 0.263 e. The second kappa shape index (κ2) is 7.57. The molecule has 2 atom stereocenters. The zero-order valence-electron chi connectivity index (χ0n) is 13.8. The summed E-state index contributed by atoms with van der Waals surface area (Å²) >= 11 is 1.20. The van der Waals surface area contributed by atoms with Crippen molar-refractivity contribution in [2.75, 3.05) is 6.61 Å². The minimum Gasteiger partial charge on any atom is -0.491 e. The number of rotatable bonds is 6. The van der Waals surface area contributed by atoms with E-state index in [9.17, 15) is 9.90 Å². The number of ether oxygens (including phenoxy) is 1. The number of thiazole rings is 1. The SMILES string of the molecule is Cc1cccc(C)c1OC[C@@H](C)NC(=O)c1cnc([C@H](C)O)s1. The van der Waals surface area contributed by atoms with Crippen LogP contribution in [0.2, 0.25) is 0 Å². The van der Waals surface area contributed by atoms with Crippen LogP contribution >= 0.6 is 11.3 Å². The molecule has 6 heteroatoms. The standard InChI is InChI=1S/C17H22N2O3S/c1-10-6-5-7-11(2)15(10)22-9-12(3)19-16(21)14-8-18-17(23-14)13(4)20/h5-8,12-13,20H,9H2,1-4H3,(H,19,21)/t12-,13+/m1/s1. The molecule has 0 saturated heterocycles. The van der Waals surface area contributed by atoms with Gasteiger partial charge in [-0.15, -0.1) is 11.3 Å². The molecule has 2 N–H and O–H groups in total. The van der Waals surface area contributed by atoms with Crippen molar-refractivity contribution in [1.82, 2.24) is 10.3 Å². The number of carbonyl (C=O) groups is 1. The van der Waals surface area contributed by atoms with Gasteiger partial charge in [-0.2, -0.15) is 0 Å². The summed E-state index contributed by atoms with van der Waals surface area (Å²) in [5.74, 6) is 0.662. The molecule has 23 heavy (non-hydrogen) atoms. The van der Waals surface area contributed by atoms with Gasteiger partial charge in [0, 0.05) is 0 Å². The first kappa shape index (κ1) is 17.4. The molecule has 0 saturated carbocycles. The Labute approximate surface area is 140 Å². The van der Waals surface area contributed by atoms with Crippen molar-refractivity contribution in [3.63, 3.8) is 0 Å². The van der Waals surface area contributed by atoms with E-state index in [4.69, 9.17) is 4.74 Å². The van der Waals surface area contributed by atoms with E-state index in [0.717, 1.165) is 16.9 Å². The zero-order chi connectivity index (χ0) is 17.0. The van der Waals surface area contributed by atoms with Crippen LogP contribution in [-0.4, -0.2) is 28.6 Å².